The first-order valence-electron chi connectivity index (χ1n) is 11.7. The van der Waals surface area contributed by atoms with E-state index in [9.17, 15) is 9.59 Å². The molecule has 0 aliphatic carbocycles. The van der Waals surface area contributed by atoms with Gasteiger partial charge >= 0.3 is 5.97 Å². The highest BCUT2D eigenvalue weighted by atomic mass is 32.2. The number of fused-ring (bicyclic) bond motifs is 1. The van der Waals surface area contributed by atoms with Crippen LogP contribution < -0.4 is 9.47 Å². The molecule has 0 aromatic heterocycles. The van der Waals surface area contributed by atoms with Crippen LogP contribution in [0.25, 0.3) is 0 Å². The fourth-order valence-electron chi connectivity index (χ4n) is 4.46. The van der Waals surface area contributed by atoms with Gasteiger partial charge in [0.25, 0.3) is 0 Å². The van der Waals surface area contributed by atoms with Crippen molar-refractivity contribution in [1.82, 2.24) is 14.7 Å². The van der Waals surface area contributed by atoms with Gasteiger partial charge in [0, 0.05) is 37.9 Å². The number of methoxy groups -OCH3 is 2. The minimum atomic E-state index is -0.535. The fraction of sp³-hybridized carbons (Fsp3) is 0.480. The summed E-state index contributed by atoms with van der Waals surface area (Å²) in [6, 6.07) is 5.01. The van der Waals surface area contributed by atoms with E-state index in [2.05, 4.69) is 11.9 Å². The molecule has 0 spiro atoms. The number of aliphatic imine (C=N–C) groups is 1. The molecular formula is C25H32N4O5S. The van der Waals surface area contributed by atoms with Crippen LogP contribution in [0.5, 0.6) is 11.5 Å². The zero-order valence-electron chi connectivity index (χ0n) is 20.9. The van der Waals surface area contributed by atoms with E-state index >= 15 is 0 Å². The van der Waals surface area contributed by atoms with Gasteiger partial charge in [-0.05, 0) is 44.0 Å². The predicted molar refractivity (Wildman–Crippen MR) is 135 cm³/mol. The van der Waals surface area contributed by atoms with E-state index in [1.165, 1.54) is 11.8 Å². The maximum atomic E-state index is 13.2. The quantitative estimate of drug-likeness (QED) is 0.529. The minimum absolute atomic E-state index is 0.0668. The first-order chi connectivity index (χ1) is 16.9. The van der Waals surface area contributed by atoms with E-state index in [0.717, 1.165) is 29.5 Å². The predicted octanol–water partition coefficient (Wildman–Crippen LogP) is 3.01. The standard InChI is InChI=1S/C25H32N4O5S/c1-6-34-24(31)22-16(2)26-25-29(23(22)17-11-19(32-4)14-20(12-17)33-5)18(15-35-25)13-21(30)28-9-7-27(3)8-10-28/h11-12,14-15,23H,6-10,13H2,1-5H3. The maximum absolute atomic E-state index is 13.2. The second-order valence-corrected chi connectivity index (χ2v) is 9.46. The summed E-state index contributed by atoms with van der Waals surface area (Å²) in [6.45, 7) is 6.98. The second kappa shape index (κ2) is 10.7. The summed E-state index contributed by atoms with van der Waals surface area (Å²) in [5.74, 6) is 0.851. The summed E-state index contributed by atoms with van der Waals surface area (Å²) in [5, 5.41) is 2.68. The molecule has 0 radical (unpaired) electrons. The molecule has 1 saturated heterocycles. The molecule has 1 amide bonds. The van der Waals surface area contributed by atoms with Crippen molar-refractivity contribution >= 4 is 28.8 Å². The summed E-state index contributed by atoms with van der Waals surface area (Å²) in [6.07, 6.45) is 0.225. The number of thioether (sulfide) groups is 1. The number of piperazine rings is 1. The normalized spacial score (nSPS) is 20.3. The Morgan fingerprint density at radius 2 is 1.74 bits per heavy atom. The molecule has 4 rings (SSSR count). The average Bonchev–Trinajstić information content (AvgIpc) is 3.24. The number of hydrogen-bond acceptors (Lipinski definition) is 9. The van der Waals surface area contributed by atoms with E-state index in [-0.39, 0.29) is 18.9 Å². The molecule has 35 heavy (non-hydrogen) atoms. The molecule has 1 aromatic carbocycles. The summed E-state index contributed by atoms with van der Waals surface area (Å²) < 4.78 is 16.4. The van der Waals surface area contributed by atoms with Gasteiger partial charge in [0.05, 0.1) is 44.6 Å². The smallest absolute Gasteiger partial charge is 0.338 e. The van der Waals surface area contributed by atoms with Gasteiger partial charge in [-0.25, -0.2) is 9.79 Å². The van der Waals surface area contributed by atoms with Crippen molar-refractivity contribution in [2.45, 2.75) is 26.3 Å². The number of likely N-dealkylation sites (N-methyl/N-ethyl adjacent to an activating group) is 1. The number of hydrogen-bond donors (Lipinski definition) is 0. The number of carbonyl (C=O) groups excluding carboxylic acids is 2. The molecule has 3 heterocycles. The Bertz CT molecular complexity index is 1070. The molecule has 188 valence electrons. The number of carbonyl (C=O) groups is 2. The van der Waals surface area contributed by atoms with Gasteiger partial charge in [-0.1, -0.05) is 11.8 Å². The molecule has 9 nitrogen and oxygen atoms in total. The SMILES string of the molecule is CCOC(=O)C1=C(C)N=C2SC=C(CC(=O)N3CCN(C)CC3)N2C1c1cc(OC)cc(OC)c1. The molecular weight excluding hydrogens is 468 g/mol. The van der Waals surface area contributed by atoms with Gasteiger partial charge < -0.3 is 28.9 Å². The van der Waals surface area contributed by atoms with Gasteiger partial charge in [0.15, 0.2) is 5.17 Å². The molecule has 1 unspecified atom stereocenters. The van der Waals surface area contributed by atoms with Crippen molar-refractivity contribution in [3.8, 4) is 11.5 Å². The van der Waals surface area contributed by atoms with E-state index in [0.29, 0.717) is 35.9 Å². The molecule has 1 fully saturated rings. The van der Waals surface area contributed by atoms with Crippen molar-refractivity contribution in [2.75, 3.05) is 54.1 Å². The molecule has 0 N–H and O–H groups in total. The van der Waals surface area contributed by atoms with Crippen molar-refractivity contribution in [2.24, 2.45) is 4.99 Å². The van der Waals surface area contributed by atoms with Gasteiger partial charge in [0.2, 0.25) is 5.91 Å². The Morgan fingerprint density at radius 3 is 2.34 bits per heavy atom. The van der Waals surface area contributed by atoms with E-state index in [4.69, 9.17) is 19.2 Å². The number of amides is 1. The number of ether oxygens (including phenoxy) is 3. The van der Waals surface area contributed by atoms with E-state index in [1.54, 1.807) is 27.2 Å². The monoisotopic (exact) mass is 500 g/mol. The Hall–Kier alpha value is -2.98. The topological polar surface area (TPSA) is 83.9 Å². The van der Waals surface area contributed by atoms with Gasteiger partial charge in [0.1, 0.15) is 11.5 Å². The Balaban J connectivity index is 1.72. The summed E-state index contributed by atoms with van der Waals surface area (Å²) in [7, 11) is 5.24. The molecule has 1 aromatic rings. The van der Waals surface area contributed by atoms with Crippen molar-refractivity contribution in [3.05, 3.63) is 46.1 Å². The third-order valence-corrected chi connectivity index (χ3v) is 7.26. The summed E-state index contributed by atoms with van der Waals surface area (Å²) in [4.78, 5) is 37.2. The van der Waals surface area contributed by atoms with Gasteiger partial charge in [-0.2, -0.15) is 0 Å². The molecule has 3 aliphatic heterocycles. The van der Waals surface area contributed by atoms with Crippen LogP contribution >= 0.6 is 11.8 Å². The molecule has 3 aliphatic rings. The number of nitrogens with zero attached hydrogens (tertiary/aromatic N) is 4. The molecule has 10 heteroatoms. The highest BCUT2D eigenvalue weighted by Crippen LogP contribution is 2.46. The van der Waals surface area contributed by atoms with E-state index in [1.807, 2.05) is 34.3 Å². The second-order valence-electron chi connectivity index (χ2n) is 8.62. The lowest BCUT2D eigenvalue weighted by atomic mass is 9.93. The van der Waals surface area contributed by atoms with Crippen LogP contribution in [0, 0.1) is 0 Å². The minimum Gasteiger partial charge on any atom is -0.497 e. The third kappa shape index (κ3) is 5.18. The number of allylic oxidation sites excluding steroid dienone is 1. The Labute approximate surface area is 210 Å². The molecule has 0 saturated carbocycles. The van der Waals surface area contributed by atoms with Gasteiger partial charge in [-0.3, -0.25) is 4.79 Å². The van der Waals surface area contributed by atoms with Crippen molar-refractivity contribution in [1.29, 1.82) is 0 Å². The third-order valence-electron chi connectivity index (χ3n) is 6.37. The van der Waals surface area contributed by atoms with Crippen molar-refractivity contribution < 1.29 is 23.8 Å². The van der Waals surface area contributed by atoms with Crippen LogP contribution in [0.4, 0.5) is 0 Å². The van der Waals surface area contributed by atoms with Crippen LogP contribution in [0.15, 0.2) is 45.6 Å². The first-order valence-corrected chi connectivity index (χ1v) is 12.5. The Kier molecular flexibility index (Phi) is 7.71. The number of amidine groups is 1. The lowest BCUT2D eigenvalue weighted by Crippen LogP contribution is -2.47. The highest BCUT2D eigenvalue weighted by molar-refractivity contribution is 8.16. The number of rotatable bonds is 7. The molecule has 1 atom stereocenters. The Morgan fingerprint density at radius 1 is 1.09 bits per heavy atom. The maximum Gasteiger partial charge on any atom is 0.338 e. The van der Waals surface area contributed by atoms with Crippen LogP contribution in [-0.2, 0) is 14.3 Å². The summed E-state index contributed by atoms with van der Waals surface area (Å²) in [5.41, 5.74) is 2.62. The van der Waals surface area contributed by atoms with Crippen LogP contribution in [-0.4, -0.2) is 85.8 Å². The first kappa shape index (κ1) is 25.1. The van der Waals surface area contributed by atoms with Crippen LogP contribution in [0.2, 0.25) is 0 Å². The van der Waals surface area contributed by atoms with E-state index < -0.39 is 12.0 Å². The fourth-order valence-corrected chi connectivity index (χ4v) is 5.43. The molecule has 0 bridgehead atoms. The largest absolute Gasteiger partial charge is 0.497 e. The number of benzene rings is 1. The zero-order chi connectivity index (χ0) is 25.1. The van der Waals surface area contributed by atoms with Crippen molar-refractivity contribution in [3.63, 3.8) is 0 Å². The average molecular weight is 501 g/mol. The zero-order valence-corrected chi connectivity index (χ0v) is 21.7. The number of esters is 1. The van der Waals surface area contributed by atoms with Crippen LogP contribution in [0.3, 0.4) is 0 Å². The van der Waals surface area contributed by atoms with Crippen LogP contribution in [0.1, 0.15) is 31.9 Å². The highest BCUT2D eigenvalue weighted by Gasteiger charge is 2.41. The summed E-state index contributed by atoms with van der Waals surface area (Å²) >= 11 is 1.46. The van der Waals surface area contributed by atoms with Gasteiger partial charge in [-0.15, -0.1) is 0 Å². The lowest BCUT2D eigenvalue weighted by molar-refractivity contribution is -0.139. The lowest BCUT2D eigenvalue weighted by Gasteiger charge is -2.37.